The van der Waals surface area contributed by atoms with E-state index in [9.17, 15) is 19.2 Å². The van der Waals surface area contributed by atoms with Gasteiger partial charge in [0.1, 0.15) is 17.2 Å². The van der Waals surface area contributed by atoms with Gasteiger partial charge in [0.05, 0.1) is 32.5 Å². The van der Waals surface area contributed by atoms with E-state index < -0.39 is 0 Å². The molecule has 4 rings (SSSR count). The van der Waals surface area contributed by atoms with Crippen LogP contribution in [0.2, 0.25) is 0 Å². The van der Waals surface area contributed by atoms with E-state index in [1.807, 2.05) is 0 Å². The molecule has 0 fully saturated rings. The van der Waals surface area contributed by atoms with Crippen LogP contribution in [0.1, 0.15) is 41.4 Å². The van der Waals surface area contributed by atoms with Crippen LogP contribution >= 0.6 is 0 Å². The number of allylic oxidation sites excluding steroid dienone is 4. The summed E-state index contributed by atoms with van der Waals surface area (Å²) in [4.78, 5) is 46.2. The standard InChI is InChI=1S/C12H10O4.C11H8O3/c1-15-9-5-6-10(16-2)12-8(14)4-3-7(13)11(9)12;1-14-7-2-3-8-9(6-7)11(13)5-4-10(8)12/h3-6H,1-2H3;2-6H,1H3. The van der Waals surface area contributed by atoms with Crippen LogP contribution in [0.3, 0.4) is 0 Å². The Kier molecular flexibility index (Phi) is 5.92. The zero-order valence-electron chi connectivity index (χ0n) is 16.6. The number of carbonyl (C=O) groups is 4. The fourth-order valence-electron chi connectivity index (χ4n) is 3.11. The maximum absolute atomic E-state index is 11.7. The summed E-state index contributed by atoms with van der Waals surface area (Å²) in [5.74, 6) is 0.577. The molecule has 2 aromatic rings. The van der Waals surface area contributed by atoms with E-state index in [-0.39, 0.29) is 34.3 Å². The van der Waals surface area contributed by atoms with E-state index in [1.165, 1.54) is 45.6 Å². The highest BCUT2D eigenvalue weighted by atomic mass is 16.5. The highest BCUT2D eigenvalue weighted by molar-refractivity contribution is 6.24. The van der Waals surface area contributed by atoms with Gasteiger partial charge in [-0.3, -0.25) is 19.2 Å². The van der Waals surface area contributed by atoms with Gasteiger partial charge in [0, 0.05) is 11.1 Å². The molecule has 0 bridgehead atoms. The molecule has 2 aliphatic carbocycles. The van der Waals surface area contributed by atoms with Gasteiger partial charge in [0.2, 0.25) is 0 Å². The van der Waals surface area contributed by atoms with Crippen LogP contribution in [-0.4, -0.2) is 44.5 Å². The molecule has 0 amide bonds. The lowest BCUT2D eigenvalue weighted by molar-refractivity contribution is 0.0989. The lowest BCUT2D eigenvalue weighted by Crippen LogP contribution is -2.14. The van der Waals surface area contributed by atoms with Gasteiger partial charge in [-0.05, 0) is 54.6 Å². The minimum Gasteiger partial charge on any atom is -0.497 e. The van der Waals surface area contributed by atoms with Gasteiger partial charge in [-0.2, -0.15) is 0 Å². The third kappa shape index (κ3) is 3.77. The number of hydrogen-bond acceptors (Lipinski definition) is 7. The molecule has 0 saturated carbocycles. The Labute approximate surface area is 172 Å². The molecule has 30 heavy (non-hydrogen) atoms. The lowest BCUT2D eigenvalue weighted by atomic mass is 9.93. The zero-order valence-corrected chi connectivity index (χ0v) is 16.6. The first-order valence-electron chi connectivity index (χ1n) is 8.87. The van der Waals surface area contributed by atoms with Crippen molar-refractivity contribution in [2.24, 2.45) is 0 Å². The lowest BCUT2D eigenvalue weighted by Gasteiger charge is -2.15. The Morgan fingerprint density at radius 2 is 1.00 bits per heavy atom. The second-order valence-corrected chi connectivity index (χ2v) is 6.26. The minimum atomic E-state index is -0.245. The zero-order chi connectivity index (χ0) is 21.8. The molecule has 0 spiro atoms. The summed E-state index contributed by atoms with van der Waals surface area (Å²) in [5.41, 5.74) is 1.40. The molecule has 0 heterocycles. The molecule has 2 aliphatic rings. The van der Waals surface area contributed by atoms with E-state index in [4.69, 9.17) is 14.2 Å². The molecule has 0 aromatic heterocycles. The molecular weight excluding hydrogens is 388 g/mol. The Balaban J connectivity index is 0.000000172. The summed E-state index contributed by atoms with van der Waals surface area (Å²) in [5, 5.41) is 0. The fourth-order valence-corrected chi connectivity index (χ4v) is 3.11. The van der Waals surface area contributed by atoms with Gasteiger partial charge in [-0.1, -0.05) is 0 Å². The van der Waals surface area contributed by atoms with E-state index in [1.54, 1.807) is 30.3 Å². The van der Waals surface area contributed by atoms with Crippen molar-refractivity contribution in [2.45, 2.75) is 0 Å². The summed E-state index contributed by atoms with van der Waals surface area (Å²) in [6.07, 6.45) is 5.06. The van der Waals surface area contributed by atoms with Gasteiger partial charge in [-0.15, -0.1) is 0 Å². The van der Waals surface area contributed by atoms with Crippen LogP contribution in [0.25, 0.3) is 0 Å². The van der Waals surface area contributed by atoms with Crippen LogP contribution in [0.15, 0.2) is 54.6 Å². The maximum atomic E-state index is 11.7. The highest BCUT2D eigenvalue weighted by Crippen LogP contribution is 2.33. The van der Waals surface area contributed by atoms with Crippen LogP contribution in [-0.2, 0) is 0 Å². The number of carbonyl (C=O) groups excluding carboxylic acids is 4. The highest BCUT2D eigenvalue weighted by Gasteiger charge is 2.26. The van der Waals surface area contributed by atoms with E-state index >= 15 is 0 Å². The third-order valence-electron chi connectivity index (χ3n) is 4.59. The summed E-state index contributed by atoms with van der Waals surface area (Å²) in [6, 6.07) is 8.09. The fraction of sp³-hybridized carbons (Fsp3) is 0.130. The van der Waals surface area contributed by atoms with Crippen molar-refractivity contribution >= 4 is 23.1 Å². The Bertz CT molecular complexity index is 1080. The van der Waals surface area contributed by atoms with E-state index in [0.29, 0.717) is 28.4 Å². The second-order valence-electron chi connectivity index (χ2n) is 6.26. The molecule has 0 N–H and O–H groups in total. The van der Waals surface area contributed by atoms with Crippen molar-refractivity contribution in [1.82, 2.24) is 0 Å². The monoisotopic (exact) mass is 406 g/mol. The van der Waals surface area contributed by atoms with Gasteiger partial charge < -0.3 is 14.2 Å². The SMILES string of the molecule is COc1ccc(OC)c2c1C(=O)C=CC2=O.COc1ccc2c(c1)C(=O)C=CC2=O. The third-order valence-corrected chi connectivity index (χ3v) is 4.59. The largest absolute Gasteiger partial charge is 0.497 e. The number of fused-ring (bicyclic) bond motifs is 2. The molecule has 152 valence electrons. The van der Waals surface area contributed by atoms with E-state index in [0.717, 1.165) is 0 Å². The average Bonchev–Trinajstić information content (AvgIpc) is 2.78. The van der Waals surface area contributed by atoms with Crippen LogP contribution in [0.5, 0.6) is 17.2 Å². The molecule has 0 aliphatic heterocycles. The maximum Gasteiger partial charge on any atom is 0.190 e. The smallest absolute Gasteiger partial charge is 0.190 e. The topological polar surface area (TPSA) is 96.0 Å². The van der Waals surface area contributed by atoms with Crippen molar-refractivity contribution in [2.75, 3.05) is 21.3 Å². The predicted molar refractivity (Wildman–Crippen MR) is 108 cm³/mol. The number of hydrogen-bond donors (Lipinski definition) is 0. The van der Waals surface area contributed by atoms with Gasteiger partial charge in [0.15, 0.2) is 23.1 Å². The quantitative estimate of drug-likeness (QED) is 0.772. The van der Waals surface area contributed by atoms with Gasteiger partial charge >= 0.3 is 0 Å². The van der Waals surface area contributed by atoms with Gasteiger partial charge in [0.25, 0.3) is 0 Å². The number of ketones is 4. The average molecular weight is 406 g/mol. The Hall–Kier alpha value is -4.00. The molecule has 7 heteroatoms. The van der Waals surface area contributed by atoms with Crippen LogP contribution in [0, 0.1) is 0 Å². The van der Waals surface area contributed by atoms with E-state index in [2.05, 4.69) is 0 Å². The summed E-state index contributed by atoms with van der Waals surface area (Å²) < 4.78 is 15.1. The molecule has 0 saturated heterocycles. The molecule has 2 aromatic carbocycles. The molecular formula is C23H18O7. The molecule has 0 unspecified atom stereocenters. The first-order chi connectivity index (χ1) is 14.4. The van der Waals surface area contributed by atoms with Gasteiger partial charge in [-0.25, -0.2) is 0 Å². The number of rotatable bonds is 3. The molecule has 0 radical (unpaired) electrons. The van der Waals surface area contributed by atoms with Crippen molar-refractivity contribution in [3.8, 4) is 17.2 Å². The Morgan fingerprint density at radius 1 is 0.533 bits per heavy atom. The minimum absolute atomic E-state index is 0.137. The molecule has 0 atom stereocenters. The van der Waals surface area contributed by atoms with Crippen LogP contribution in [0.4, 0.5) is 0 Å². The predicted octanol–water partition coefficient (Wildman–Crippen LogP) is 3.27. The summed E-state index contributed by atoms with van der Waals surface area (Å²) in [7, 11) is 4.43. The molecule has 7 nitrogen and oxygen atoms in total. The Morgan fingerprint density at radius 3 is 1.47 bits per heavy atom. The summed E-state index contributed by atoms with van der Waals surface area (Å²) >= 11 is 0. The van der Waals surface area contributed by atoms with Crippen molar-refractivity contribution in [1.29, 1.82) is 0 Å². The first kappa shape index (κ1) is 20.7. The first-order valence-corrected chi connectivity index (χ1v) is 8.87. The van der Waals surface area contributed by atoms with Crippen molar-refractivity contribution in [3.63, 3.8) is 0 Å². The normalized spacial score (nSPS) is 13.8. The number of ether oxygens (including phenoxy) is 3. The number of methoxy groups -OCH3 is 3. The number of benzene rings is 2. The van der Waals surface area contributed by atoms with Crippen molar-refractivity contribution in [3.05, 3.63) is 76.9 Å². The van der Waals surface area contributed by atoms with Crippen LogP contribution < -0.4 is 14.2 Å². The van der Waals surface area contributed by atoms with Crippen molar-refractivity contribution < 1.29 is 33.4 Å². The second kappa shape index (κ2) is 8.57. The summed E-state index contributed by atoms with van der Waals surface area (Å²) in [6.45, 7) is 0.